The average molecular weight is 443 g/mol. The number of hydrogen-bond acceptors (Lipinski definition) is 1. The first kappa shape index (κ1) is 24.2. The molecule has 0 heterocycles. The van der Waals surface area contributed by atoms with Crippen LogP contribution in [0.25, 0.3) is 0 Å². The summed E-state index contributed by atoms with van der Waals surface area (Å²) in [6.45, 7) is 11.2. The maximum atomic E-state index is 10.1. The van der Waals surface area contributed by atoms with Gasteiger partial charge >= 0.3 is 157 Å². The van der Waals surface area contributed by atoms with E-state index in [0.29, 0.717) is 0 Å². The van der Waals surface area contributed by atoms with Crippen LogP contribution in [0.15, 0.2) is 21.8 Å². The van der Waals surface area contributed by atoms with Gasteiger partial charge in [0.25, 0.3) is 0 Å². The van der Waals surface area contributed by atoms with E-state index in [4.69, 9.17) is 0 Å². The third kappa shape index (κ3) is 10.3. The molecule has 0 aromatic rings. The quantitative estimate of drug-likeness (QED) is 0.159. The van der Waals surface area contributed by atoms with E-state index in [1.165, 1.54) is 71.1 Å². The topological polar surface area (TPSA) is 20.2 Å². The van der Waals surface area contributed by atoms with Crippen molar-refractivity contribution in [1.82, 2.24) is 0 Å². The van der Waals surface area contributed by atoms with Crippen molar-refractivity contribution in [1.29, 1.82) is 0 Å². The Bertz CT molecular complexity index is 322. The van der Waals surface area contributed by atoms with E-state index in [9.17, 15) is 5.11 Å². The molecule has 0 spiro atoms. The van der Waals surface area contributed by atoms with Gasteiger partial charge in [-0.15, -0.1) is 0 Å². The second-order valence-electron chi connectivity index (χ2n) is 7.50. The molecule has 0 saturated heterocycles. The molecule has 0 saturated carbocycles. The molecule has 0 amide bonds. The summed E-state index contributed by atoms with van der Waals surface area (Å²) < 4.78 is 6.04. The van der Waals surface area contributed by atoms with Gasteiger partial charge in [-0.2, -0.15) is 0 Å². The van der Waals surface area contributed by atoms with Gasteiger partial charge in [-0.25, -0.2) is 0 Å². The molecule has 0 aromatic heterocycles. The van der Waals surface area contributed by atoms with Crippen LogP contribution in [0, 0.1) is 0 Å². The van der Waals surface area contributed by atoms with Gasteiger partial charge < -0.3 is 0 Å². The molecule has 0 aromatic carbocycles. The van der Waals surface area contributed by atoms with Gasteiger partial charge in [-0.05, 0) is 0 Å². The minimum atomic E-state index is -2.40. The molecule has 24 heavy (non-hydrogen) atoms. The zero-order valence-corrected chi connectivity index (χ0v) is 20.1. The minimum absolute atomic E-state index is 0.309. The molecule has 1 unspecified atom stereocenters. The van der Waals surface area contributed by atoms with E-state index in [1.807, 2.05) is 6.92 Å². The molecule has 0 aliphatic rings. The van der Waals surface area contributed by atoms with Crippen LogP contribution < -0.4 is 0 Å². The molecule has 0 bridgehead atoms. The Balaban J connectivity index is 5.57. The molecular formula is C22H44OSn. The zero-order chi connectivity index (χ0) is 18.3. The molecule has 1 nitrogen and oxygen atoms in total. The molecule has 142 valence electrons. The Morgan fingerprint density at radius 1 is 0.833 bits per heavy atom. The van der Waals surface area contributed by atoms with Crippen molar-refractivity contribution in [3.8, 4) is 0 Å². The summed E-state index contributed by atoms with van der Waals surface area (Å²) in [5, 5.41) is 10.1. The summed E-state index contributed by atoms with van der Waals surface area (Å²) in [4.78, 5) is 0. The van der Waals surface area contributed by atoms with Gasteiger partial charge in [-0.1, -0.05) is 0 Å². The van der Waals surface area contributed by atoms with Crippen LogP contribution in [0.5, 0.6) is 0 Å². The summed E-state index contributed by atoms with van der Waals surface area (Å²) in [5.41, 5.74) is 0. The van der Waals surface area contributed by atoms with Crippen molar-refractivity contribution < 1.29 is 5.11 Å². The summed E-state index contributed by atoms with van der Waals surface area (Å²) >= 11 is -2.40. The SMILES string of the molecule is CCCC/C=C/[C](=C\C(C)O)[Sn]([CH2]CCC)([CH2]CCC)[CH2]CCC. The van der Waals surface area contributed by atoms with Gasteiger partial charge in [0.1, 0.15) is 0 Å². The predicted molar refractivity (Wildman–Crippen MR) is 113 cm³/mol. The molecule has 0 rings (SSSR count). The molecule has 2 heteroatoms. The van der Waals surface area contributed by atoms with Crippen LogP contribution in [-0.2, 0) is 0 Å². The van der Waals surface area contributed by atoms with Crippen LogP contribution >= 0.6 is 0 Å². The van der Waals surface area contributed by atoms with Gasteiger partial charge in [0.05, 0.1) is 0 Å². The van der Waals surface area contributed by atoms with E-state index in [2.05, 4.69) is 45.9 Å². The maximum absolute atomic E-state index is 10.1. The predicted octanol–water partition coefficient (Wildman–Crippen LogP) is 7.43. The van der Waals surface area contributed by atoms with Crippen LogP contribution in [0.2, 0.25) is 13.3 Å². The van der Waals surface area contributed by atoms with Crippen LogP contribution in [0.4, 0.5) is 0 Å². The fraction of sp³-hybridized carbons (Fsp3) is 0.818. The average Bonchev–Trinajstić information content (AvgIpc) is 2.57. The number of allylic oxidation sites excluding steroid dienone is 3. The second-order valence-corrected chi connectivity index (χ2v) is 20.7. The van der Waals surface area contributed by atoms with Crippen LogP contribution in [-0.4, -0.2) is 29.6 Å². The zero-order valence-electron chi connectivity index (χ0n) is 17.2. The first-order chi connectivity index (χ1) is 11.6. The standard InChI is InChI=1S/C10H17O.3C4H9.Sn/c1-3-4-5-6-7-8-9-10(2)11;3*1-3-4-2;/h6-7,9-11H,3-5H2,1-2H3;3*1,3-4H2,2H3;/b7-6+,9-8?;;;;. The fourth-order valence-corrected chi connectivity index (χ4v) is 20.0. The van der Waals surface area contributed by atoms with Crippen molar-refractivity contribution in [2.45, 2.75) is 112 Å². The van der Waals surface area contributed by atoms with E-state index >= 15 is 0 Å². The molecule has 0 aliphatic carbocycles. The van der Waals surface area contributed by atoms with E-state index < -0.39 is 18.4 Å². The molecule has 1 atom stereocenters. The first-order valence-electron chi connectivity index (χ1n) is 10.6. The van der Waals surface area contributed by atoms with Crippen molar-refractivity contribution >= 4 is 18.4 Å². The van der Waals surface area contributed by atoms with Gasteiger partial charge in [0, 0.05) is 0 Å². The number of rotatable bonds is 15. The molecular weight excluding hydrogens is 399 g/mol. The van der Waals surface area contributed by atoms with Crippen molar-refractivity contribution in [2.24, 2.45) is 0 Å². The van der Waals surface area contributed by atoms with Crippen LogP contribution in [0.1, 0.15) is 92.4 Å². The van der Waals surface area contributed by atoms with Crippen LogP contribution in [0.3, 0.4) is 0 Å². The Morgan fingerprint density at radius 3 is 1.67 bits per heavy atom. The number of unbranched alkanes of at least 4 members (excludes halogenated alkanes) is 5. The van der Waals surface area contributed by atoms with E-state index in [-0.39, 0.29) is 6.10 Å². The number of hydrogen-bond donors (Lipinski definition) is 1. The van der Waals surface area contributed by atoms with E-state index in [1.54, 1.807) is 3.59 Å². The van der Waals surface area contributed by atoms with Crippen molar-refractivity contribution in [3.05, 3.63) is 21.8 Å². The van der Waals surface area contributed by atoms with Crippen molar-refractivity contribution in [3.63, 3.8) is 0 Å². The normalized spacial score (nSPS) is 14.5. The Kier molecular flexibility index (Phi) is 15.6. The van der Waals surface area contributed by atoms with Gasteiger partial charge in [0.2, 0.25) is 0 Å². The summed E-state index contributed by atoms with van der Waals surface area (Å²) in [6.07, 6.45) is 18.5. The summed E-state index contributed by atoms with van der Waals surface area (Å²) in [5.74, 6) is 0. The summed E-state index contributed by atoms with van der Waals surface area (Å²) in [7, 11) is 0. The molecule has 0 fully saturated rings. The van der Waals surface area contributed by atoms with Gasteiger partial charge in [0.15, 0.2) is 0 Å². The molecule has 1 N–H and O–H groups in total. The summed E-state index contributed by atoms with van der Waals surface area (Å²) in [6, 6.07) is 0. The number of aliphatic hydroxyl groups is 1. The van der Waals surface area contributed by atoms with E-state index in [0.717, 1.165) is 0 Å². The Hall–Kier alpha value is 0.239. The fourth-order valence-electron chi connectivity index (χ4n) is 3.55. The second kappa shape index (κ2) is 15.5. The third-order valence-electron chi connectivity index (χ3n) is 5.08. The third-order valence-corrected chi connectivity index (χ3v) is 20.8. The number of aliphatic hydroxyl groups excluding tert-OH is 1. The molecule has 0 radical (unpaired) electrons. The first-order valence-corrected chi connectivity index (χ1v) is 18.1. The van der Waals surface area contributed by atoms with Gasteiger partial charge in [-0.3, -0.25) is 0 Å². The van der Waals surface area contributed by atoms with Crippen molar-refractivity contribution in [2.75, 3.05) is 0 Å². The molecule has 0 aliphatic heterocycles. The monoisotopic (exact) mass is 444 g/mol. The Morgan fingerprint density at radius 2 is 1.29 bits per heavy atom. The Labute approximate surface area is 156 Å².